The largest absolute Gasteiger partial charge is 0.314 e. The summed E-state index contributed by atoms with van der Waals surface area (Å²) in [6.45, 7) is 8.66. The van der Waals surface area contributed by atoms with E-state index in [9.17, 15) is 0 Å². The van der Waals surface area contributed by atoms with Crippen molar-refractivity contribution in [1.29, 1.82) is 0 Å². The molecule has 1 aliphatic heterocycles. The molecule has 1 saturated heterocycles. The average Bonchev–Trinajstić information content (AvgIpc) is 3.02. The van der Waals surface area contributed by atoms with Gasteiger partial charge >= 0.3 is 0 Å². The Morgan fingerprint density at radius 2 is 1.40 bits per heavy atom. The van der Waals surface area contributed by atoms with Gasteiger partial charge in [0.25, 0.3) is 0 Å². The van der Waals surface area contributed by atoms with Crippen LogP contribution in [0.25, 0.3) is 0 Å². The lowest BCUT2D eigenvalue weighted by molar-refractivity contribution is 0.0527. The third-order valence-corrected chi connectivity index (χ3v) is 5.85. The second-order valence-corrected chi connectivity index (χ2v) is 7.09. The lowest BCUT2D eigenvalue weighted by Crippen LogP contribution is -2.54. The Labute approximate surface area is 125 Å². The summed E-state index contributed by atoms with van der Waals surface area (Å²) in [6, 6.07) is 2.57. The standard InChI is InChI=1S/C17H33N3/c1-2-18-15-6-5-9-17(14-15)20-12-10-19(11-13-20)16-7-3-4-8-16/h15-18H,2-14H2,1H3. The van der Waals surface area contributed by atoms with Crippen molar-refractivity contribution in [3.8, 4) is 0 Å². The molecule has 0 radical (unpaired) electrons. The van der Waals surface area contributed by atoms with Crippen LogP contribution in [0.1, 0.15) is 58.3 Å². The zero-order valence-electron chi connectivity index (χ0n) is 13.3. The Hall–Kier alpha value is -0.120. The summed E-state index contributed by atoms with van der Waals surface area (Å²) >= 11 is 0. The molecule has 2 atom stereocenters. The molecule has 1 N–H and O–H groups in total. The highest BCUT2D eigenvalue weighted by Gasteiger charge is 2.31. The maximum absolute atomic E-state index is 3.67. The highest BCUT2D eigenvalue weighted by Crippen LogP contribution is 2.27. The average molecular weight is 279 g/mol. The van der Waals surface area contributed by atoms with Crippen LogP contribution in [0.5, 0.6) is 0 Å². The molecule has 20 heavy (non-hydrogen) atoms. The van der Waals surface area contributed by atoms with E-state index >= 15 is 0 Å². The van der Waals surface area contributed by atoms with Crippen LogP contribution in [0.15, 0.2) is 0 Å². The highest BCUT2D eigenvalue weighted by molar-refractivity contribution is 4.88. The Balaban J connectivity index is 1.45. The monoisotopic (exact) mass is 279 g/mol. The summed E-state index contributed by atoms with van der Waals surface area (Å²) in [6.07, 6.45) is 11.5. The van der Waals surface area contributed by atoms with Gasteiger partial charge in [-0.3, -0.25) is 9.80 Å². The second kappa shape index (κ2) is 7.24. The molecule has 0 aromatic heterocycles. The maximum Gasteiger partial charge on any atom is 0.0113 e. The van der Waals surface area contributed by atoms with E-state index in [4.69, 9.17) is 0 Å². The van der Waals surface area contributed by atoms with E-state index in [1.165, 1.54) is 77.5 Å². The fraction of sp³-hybridized carbons (Fsp3) is 1.00. The minimum absolute atomic E-state index is 0.784. The first-order chi connectivity index (χ1) is 9.86. The van der Waals surface area contributed by atoms with Crippen LogP contribution < -0.4 is 5.32 Å². The predicted octanol–water partition coefficient (Wildman–Crippen LogP) is 2.47. The lowest BCUT2D eigenvalue weighted by Gasteiger charge is -2.44. The molecule has 2 aliphatic carbocycles. The van der Waals surface area contributed by atoms with Gasteiger partial charge in [0.2, 0.25) is 0 Å². The Morgan fingerprint density at radius 3 is 2.05 bits per heavy atom. The van der Waals surface area contributed by atoms with E-state index in [2.05, 4.69) is 22.0 Å². The summed E-state index contributed by atoms with van der Waals surface area (Å²) in [7, 11) is 0. The molecule has 3 rings (SSSR count). The van der Waals surface area contributed by atoms with Crippen molar-refractivity contribution in [3.05, 3.63) is 0 Å². The van der Waals surface area contributed by atoms with Crippen molar-refractivity contribution in [2.24, 2.45) is 0 Å². The van der Waals surface area contributed by atoms with E-state index in [0.717, 1.165) is 24.7 Å². The predicted molar refractivity (Wildman–Crippen MR) is 85.1 cm³/mol. The van der Waals surface area contributed by atoms with Crippen LogP contribution in [0, 0.1) is 0 Å². The fourth-order valence-corrected chi connectivity index (χ4v) is 4.71. The number of nitrogens with zero attached hydrogens (tertiary/aromatic N) is 2. The van der Waals surface area contributed by atoms with Crippen LogP contribution in [-0.4, -0.2) is 60.6 Å². The van der Waals surface area contributed by atoms with Gasteiger partial charge in [-0.2, -0.15) is 0 Å². The van der Waals surface area contributed by atoms with Gasteiger partial charge in [-0.25, -0.2) is 0 Å². The first-order valence-electron chi connectivity index (χ1n) is 9.08. The number of nitrogens with one attached hydrogen (secondary N) is 1. The molecule has 116 valence electrons. The third-order valence-electron chi connectivity index (χ3n) is 5.85. The Bertz CT molecular complexity index is 278. The minimum atomic E-state index is 0.784. The zero-order chi connectivity index (χ0) is 13.8. The summed E-state index contributed by atoms with van der Waals surface area (Å²) in [5.74, 6) is 0. The summed E-state index contributed by atoms with van der Waals surface area (Å²) in [5.41, 5.74) is 0. The molecule has 0 bridgehead atoms. The molecule has 3 nitrogen and oxygen atoms in total. The summed E-state index contributed by atoms with van der Waals surface area (Å²) in [5, 5.41) is 3.67. The van der Waals surface area contributed by atoms with Gasteiger partial charge < -0.3 is 5.32 Å². The quantitative estimate of drug-likeness (QED) is 0.853. The Morgan fingerprint density at radius 1 is 0.800 bits per heavy atom. The molecule has 0 amide bonds. The molecular formula is C17H33N3. The SMILES string of the molecule is CCNC1CCCC(N2CCN(C3CCCC3)CC2)C1. The van der Waals surface area contributed by atoms with E-state index in [0.29, 0.717) is 0 Å². The van der Waals surface area contributed by atoms with Crippen molar-refractivity contribution in [1.82, 2.24) is 15.1 Å². The highest BCUT2D eigenvalue weighted by atomic mass is 15.3. The van der Waals surface area contributed by atoms with Gasteiger partial charge in [-0.05, 0) is 38.6 Å². The molecule has 3 heteroatoms. The normalized spacial score (nSPS) is 34.6. The van der Waals surface area contributed by atoms with Crippen molar-refractivity contribution >= 4 is 0 Å². The van der Waals surface area contributed by atoms with Gasteiger partial charge in [-0.15, -0.1) is 0 Å². The van der Waals surface area contributed by atoms with E-state index in [1.807, 2.05) is 0 Å². The van der Waals surface area contributed by atoms with Gasteiger partial charge in [-0.1, -0.05) is 26.2 Å². The molecule has 3 aliphatic rings. The molecule has 0 aromatic carbocycles. The van der Waals surface area contributed by atoms with E-state index in [-0.39, 0.29) is 0 Å². The van der Waals surface area contributed by atoms with E-state index in [1.54, 1.807) is 0 Å². The third kappa shape index (κ3) is 3.55. The smallest absolute Gasteiger partial charge is 0.0113 e. The fourth-order valence-electron chi connectivity index (χ4n) is 4.71. The molecule has 0 aromatic rings. The first kappa shape index (κ1) is 14.8. The van der Waals surface area contributed by atoms with Gasteiger partial charge in [0, 0.05) is 44.3 Å². The number of piperazine rings is 1. The zero-order valence-corrected chi connectivity index (χ0v) is 13.3. The number of hydrogen-bond donors (Lipinski definition) is 1. The summed E-state index contributed by atoms with van der Waals surface area (Å²) in [4.78, 5) is 5.59. The van der Waals surface area contributed by atoms with Gasteiger partial charge in [0.1, 0.15) is 0 Å². The molecule has 1 heterocycles. The van der Waals surface area contributed by atoms with Crippen LogP contribution >= 0.6 is 0 Å². The van der Waals surface area contributed by atoms with Crippen LogP contribution in [0.4, 0.5) is 0 Å². The molecule has 2 unspecified atom stereocenters. The minimum Gasteiger partial charge on any atom is -0.314 e. The van der Waals surface area contributed by atoms with Gasteiger partial charge in [0.05, 0.1) is 0 Å². The molecular weight excluding hydrogens is 246 g/mol. The van der Waals surface area contributed by atoms with Crippen molar-refractivity contribution in [3.63, 3.8) is 0 Å². The molecule has 0 spiro atoms. The Kier molecular flexibility index (Phi) is 5.36. The van der Waals surface area contributed by atoms with Crippen molar-refractivity contribution in [2.45, 2.75) is 76.4 Å². The van der Waals surface area contributed by atoms with Gasteiger partial charge in [0.15, 0.2) is 0 Å². The lowest BCUT2D eigenvalue weighted by atomic mass is 9.89. The van der Waals surface area contributed by atoms with Crippen LogP contribution in [0.3, 0.4) is 0 Å². The van der Waals surface area contributed by atoms with Crippen LogP contribution in [0.2, 0.25) is 0 Å². The molecule has 2 saturated carbocycles. The topological polar surface area (TPSA) is 18.5 Å². The molecule has 3 fully saturated rings. The maximum atomic E-state index is 3.67. The number of hydrogen-bond acceptors (Lipinski definition) is 3. The van der Waals surface area contributed by atoms with Crippen LogP contribution in [-0.2, 0) is 0 Å². The first-order valence-corrected chi connectivity index (χ1v) is 9.08. The van der Waals surface area contributed by atoms with Crippen molar-refractivity contribution in [2.75, 3.05) is 32.7 Å². The van der Waals surface area contributed by atoms with E-state index < -0.39 is 0 Å². The number of rotatable bonds is 4. The van der Waals surface area contributed by atoms with Crippen molar-refractivity contribution < 1.29 is 0 Å². The second-order valence-electron chi connectivity index (χ2n) is 7.09. The summed E-state index contributed by atoms with van der Waals surface area (Å²) < 4.78 is 0.